The van der Waals surface area contributed by atoms with Gasteiger partial charge in [-0.2, -0.15) is 0 Å². The van der Waals surface area contributed by atoms with Crippen LogP contribution in [0.25, 0.3) is 0 Å². The SMILES string of the molecule is Cc1cccc(CC2=NCC(CC(=O)O)O2)c1. The number of aliphatic imine (C=N–C) groups is 1. The van der Waals surface area contributed by atoms with Crippen molar-refractivity contribution in [1.29, 1.82) is 0 Å². The first-order valence-electron chi connectivity index (χ1n) is 5.61. The van der Waals surface area contributed by atoms with E-state index in [0.29, 0.717) is 18.9 Å². The lowest BCUT2D eigenvalue weighted by atomic mass is 10.1. The summed E-state index contributed by atoms with van der Waals surface area (Å²) >= 11 is 0. The fourth-order valence-corrected chi connectivity index (χ4v) is 1.87. The van der Waals surface area contributed by atoms with Crippen molar-refractivity contribution >= 4 is 11.9 Å². The van der Waals surface area contributed by atoms with Crippen molar-refractivity contribution in [2.24, 2.45) is 4.99 Å². The van der Waals surface area contributed by atoms with Gasteiger partial charge in [-0.3, -0.25) is 9.79 Å². The summed E-state index contributed by atoms with van der Waals surface area (Å²) in [6, 6.07) is 8.13. The van der Waals surface area contributed by atoms with Gasteiger partial charge < -0.3 is 9.84 Å². The first kappa shape index (κ1) is 11.6. The highest BCUT2D eigenvalue weighted by Crippen LogP contribution is 2.13. The lowest BCUT2D eigenvalue weighted by molar-refractivity contribution is -0.138. The Morgan fingerprint density at radius 1 is 1.59 bits per heavy atom. The number of nitrogens with zero attached hydrogens (tertiary/aromatic N) is 1. The van der Waals surface area contributed by atoms with E-state index in [4.69, 9.17) is 9.84 Å². The Hall–Kier alpha value is -1.84. The zero-order valence-corrected chi connectivity index (χ0v) is 9.72. The smallest absolute Gasteiger partial charge is 0.307 e. The fourth-order valence-electron chi connectivity index (χ4n) is 1.87. The Kier molecular flexibility index (Phi) is 3.42. The van der Waals surface area contributed by atoms with E-state index in [9.17, 15) is 4.79 Å². The second-order valence-corrected chi connectivity index (χ2v) is 4.24. The average molecular weight is 233 g/mol. The predicted molar refractivity (Wildman–Crippen MR) is 64.3 cm³/mol. The maximum atomic E-state index is 10.5. The van der Waals surface area contributed by atoms with Crippen molar-refractivity contribution < 1.29 is 14.6 Å². The largest absolute Gasteiger partial charge is 0.481 e. The number of ether oxygens (including phenoxy) is 1. The van der Waals surface area contributed by atoms with Gasteiger partial charge in [-0.05, 0) is 12.5 Å². The van der Waals surface area contributed by atoms with Gasteiger partial charge in [0.05, 0.1) is 13.0 Å². The summed E-state index contributed by atoms with van der Waals surface area (Å²) in [6.07, 6.45) is 0.353. The Balaban J connectivity index is 1.91. The molecule has 1 heterocycles. The van der Waals surface area contributed by atoms with E-state index < -0.39 is 5.97 Å². The third-order valence-corrected chi connectivity index (χ3v) is 2.61. The molecule has 0 fully saturated rings. The van der Waals surface area contributed by atoms with Gasteiger partial charge in [0.25, 0.3) is 0 Å². The highest BCUT2D eigenvalue weighted by Gasteiger charge is 2.22. The van der Waals surface area contributed by atoms with Crippen LogP contribution < -0.4 is 0 Å². The normalized spacial score (nSPS) is 18.6. The van der Waals surface area contributed by atoms with Gasteiger partial charge in [0.1, 0.15) is 6.10 Å². The topological polar surface area (TPSA) is 58.9 Å². The van der Waals surface area contributed by atoms with Crippen LogP contribution in [0.4, 0.5) is 0 Å². The predicted octanol–water partition coefficient (Wildman–Crippen LogP) is 1.81. The Labute approximate surface area is 99.9 Å². The van der Waals surface area contributed by atoms with Gasteiger partial charge in [-0.1, -0.05) is 29.8 Å². The molecule has 4 nitrogen and oxygen atoms in total. The summed E-state index contributed by atoms with van der Waals surface area (Å²) in [6.45, 7) is 2.49. The molecule has 1 aromatic carbocycles. The molecule has 90 valence electrons. The lowest BCUT2D eigenvalue weighted by Crippen LogP contribution is -2.18. The maximum absolute atomic E-state index is 10.5. The van der Waals surface area contributed by atoms with Crippen LogP contribution in [0.2, 0.25) is 0 Å². The molecule has 0 saturated carbocycles. The number of aryl methyl sites for hydroxylation is 1. The maximum Gasteiger partial charge on any atom is 0.307 e. The van der Waals surface area contributed by atoms with Crippen molar-refractivity contribution in [3.63, 3.8) is 0 Å². The minimum atomic E-state index is -0.845. The van der Waals surface area contributed by atoms with Crippen LogP contribution in [0.3, 0.4) is 0 Å². The molecule has 0 aromatic heterocycles. The van der Waals surface area contributed by atoms with Crippen LogP contribution in [0, 0.1) is 6.92 Å². The minimum absolute atomic E-state index is 0.0147. The number of hydrogen-bond acceptors (Lipinski definition) is 3. The van der Waals surface area contributed by atoms with Gasteiger partial charge in [0.2, 0.25) is 0 Å². The highest BCUT2D eigenvalue weighted by atomic mass is 16.5. The van der Waals surface area contributed by atoms with E-state index in [-0.39, 0.29) is 12.5 Å². The number of benzene rings is 1. The summed E-state index contributed by atoms with van der Waals surface area (Å²) in [4.78, 5) is 14.8. The first-order chi connectivity index (χ1) is 8.13. The summed E-state index contributed by atoms with van der Waals surface area (Å²) in [5.74, 6) is -0.205. The number of carboxylic acids is 1. The summed E-state index contributed by atoms with van der Waals surface area (Å²) in [7, 11) is 0. The number of hydrogen-bond donors (Lipinski definition) is 1. The number of rotatable bonds is 4. The monoisotopic (exact) mass is 233 g/mol. The third-order valence-electron chi connectivity index (χ3n) is 2.61. The quantitative estimate of drug-likeness (QED) is 0.862. The van der Waals surface area contributed by atoms with Crippen LogP contribution in [-0.2, 0) is 16.0 Å². The minimum Gasteiger partial charge on any atom is -0.481 e. The molecule has 0 spiro atoms. The molecule has 1 aliphatic rings. The highest BCUT2D eigenvalue weighted by molar-refractivity contribution is 5.81. The number of carboxylic acid groups (broad SMARTS) is 1. The molecule has 0 bridgehead atoms. The Morgan fingerprint density at radius 3 is 3.12 bits per heavy atom. The average Bonchev–Trinajstić information content (AvgIpc) is 2.64. The van der Waals surface area contributed by atoms with E-state index in [1.165, 1.54) is 5.56 Å². The van der Waals surface area contributed by atoms with Crippen LogP contribution in [-0.4, -0.2) is 29.6 Å². The van der Waals surface area contributed by atoms with E-state index in [2.05, 4.69) is 11.1 Å². The van der Waals surface area contributed by atoms with E-state index in [0.717, 1.165) is 5.56 Å². The Morgan fingerprint density at radius 2 is 2.41 bits per heavy atom. The summed E-state index contributed by atoms with van der Waals surface area (Å²) in [5, 5.41) is 8.66. The van der Waals surface area contributed by atoms with Gasteiger partial charge in [0, 0.05) is 6.42 Å². The van der Waals surface area contributed by atoms with Crippen molar-refractivity contribution in [3.05, 3.63) is 35.4 Å². The number of carbonyl (C=O) groups is 1. The van der Waals surface area contributed by atoms with Gasteiger partial charge >= 0.3 is 5.97 Å². The van der Waals surface area contributed by atoms with E-state index in [1.807, 2.05) is 25.1 Å². The van der Waals surface area contributed by atoms with E-state index >= 15 is 0 Å². The van der Waals surface area contributed by atoms with Crippen molar-refractivity contribution in [3.8, 4) is 0 Å². The molecule has 0 radical (unpaired) electrons. The molecular formula is C13H15NO3. The first-order valence-corrected chi connectivity index (χ1v) is 5.61. The standard InChI is InChI=1S/C13H15NO3/c1-9-3-2-4-10(5-9)6-12-14-8-11(17-12)7-13(15)16/h2-5,11H,6-8H2,1H3,(H,15,16). The Bertz CT molecular complexity index is 454. The molecule has 2 rings (SSSR count). The molecule has 1 N–H and O–H groups in total. The second kappa shape index (κ2) is 4.99. The molecule has 0 amide bonds. The molecule has 4 heteroatoms. The van der Waals surface area contributed by atoms with Crippen LogP contribution in [0.1, 0.15) is 17.5 Å². The van der Waals surface area contributed by atoms with Crippen molar-refractivity contribution in [2.75, 3.05) is 6.54 Å². The summed E-state index contributed by atoms with van der Waals surface area (Å²) in [5.41, 5.74) is 2.34. The van der Waals surface area contributed by atoms with Crippen LogP contribution in [0.5, 0.6) is 0 Å². The third kappa shape index (κ3) is 3.31. The zero-order valence-electron chi connectivity index (χ0n) is 9.72. The molecule has 17 heavy (non-hydrogen) atoms. The zero-order chi connectivity index (χ0) is 12.3. The van der Waals surface area contributed by atoms with Crippen molar-refractivity contribution in [1.82, 2.24) is 0 Å². The molecule has 1 unspecified atom stereocenters. The van der Waals surface area contributed by atoms with Gasteiger partial charge in [-0.15, -0.1) is 0 Å². The molecular weight excluding hydrogens is 218 g/mol. The van der Waals surface area contributed by atoms with E-state index in [1.54, 1.807) is 0 Å². The van der Waals surface area contributed by atoms with Gasteiger partial charge in [0.15, 0.2) is 5.90 Å². The molecule has 1 aliphatic heterocycles. The molecule has 0 aliphatic carbocycles. The van der Waals surface area contributed by atoms with Crippen LogP contribution in [0.15, 0.2) is 29.3 Å². The lowest BCUT2D eigenvalue weighted by Gasteiger charge is -2.08. The van der Waals surface area contributed by atoms with Gasteiger partial charge in [-0.25, -0.2) is 0 Å². The number of aliphatic carboxylic acids is 1. The fraction of sp³-hybridized carbons (Fsp3) is 0.385. The molecule has 1 atom stereocenters. The molecule has 0 saturated heterocycles. The van der Waals surface area contributed by atoms with Crippen molar-refractivity contribution in [2.45, 2.75) is 25.9 Å². The van der Waals surface area contributed by atoms with Crippen LogP contribution >= 0.6 is 0 Å². The second-order valence-electron chi connectivity index (χ2n) is 4.24. The summed E-state index contributed by atoms with van der Waals surface area (Å²) < 4.78 is 5.49. The molecule has 1 aromatic rings.